The number of hydrogen-bond donors (Lipinski definition) is 2. The zero-order valence-corrected chi connectivity index (χ0v) is 11.8. The number of carbonyl (C=O) groups excluding carboxylic acids is 1. The largest absolute Gasteiger partial charge is 0.397 e. The van der Waals surface area contributed by atoms with Crippen LogP contribution in [0.5, 0.6) is 0 Å². The van der Waals surface area contributed by atoms with E-state index >= 15 is 0 Å². The summed E-state index contributed by atoms with van der Waals surface area (Å²) in [7, 11) is 0. The van der Waals surface area contributed by atoms with Crippen molar-refractivity contribution in [3.05, 3.63) is 23.8 Å². The number of carbonyl (C=O) groups is 1. The SMILES string of the molecule is Cc1ccc(NC(=O)C2C(C)(C)C2(C)C)c(N)c1. The van der Waals surface area contributed by atoms with Gasteiger partial charge in [-0.2, -0.15) is 0 Å². The summed E-state index contributed by atoms with van der Waals surface area (Å²) in [6.45, 7) is 10.5. The number of aryl methyl sites for hydroxylation is 1. The highest BCUT2D eigenvalue weighted by Gasteiger charge is 2.68. The molecule has 0 spiro atoms. The predicted octanol–water partition coefficient (Wildman–Crippen LogP) is 3.20. The molecule has 0 aliphatic heterocycles. The van der Waals surface area contributed by atoms with Crippen LogP contribution in [0, 0.1) is 23.7 Å². The second kappa shape index (κ2) is 3.74. The van der Waals surface area contributed by atoms with E-state index in [2.05, 4.69) is 33.0 Å². The molecule has 1 aliphatic rings. The summed E-state index contributed by atoms with van der Waals surface area (Å²) in [5.74, 6) is 0.117. The molecule has 0 radical (unpaired) electrons. The highest BCUT2D eigenvalue weighted by molar-refractivity contribution is 5.98. The second-order valence-electron chi connectivity index (χ2n) is 6.46. The van der Waals surface area contributed by atoms with Crippen molar-refractivity contribution in [1.29, 1.82) is 0 Å². The zero-order chi connectivity index (χ0) is 13.7. The van der Waals surface area contributed by atoms with Crippen molar-refractivity contribution in [3.63, 3.8) is 0 Å². The molecule has 1 aliphatic carbocycles. The van der Waals surface area contributed by atoms with Crippen molar-refractivity contribution in [2.24, 2.45) is 16.7 Å². The summed E-state index contributed by atoms with van der Waals surface area (Å²) in [4.78, 5) is 12.3. The third-order valence-electron chi connectivity index (χ3n) is 4.75. The molecule has 98 valence electrons. The van der Waals surface area contributed by atoms with Gasteiger partial charge in [-0.15, -0.1) is 0 Å². The number of benzene rings is 1. The number of hydrogen-bond acceptors (Lipinski definition) is 2. The molecule has 3 N–H and O–H groups in total. The highest BCUT2D eigenvalue weighted by Crippen LogP contribution is 2.68. The quantitative estimate of drug-likeness (QED) is 0.787. The van der Waals surface area contributed by atoms with E-state index in [1.807, 2.05) is 25.1 Å². The predicted molar refractivity (Wildman–Crippen MR) is 75.3 cm³/mol. The minimum Gasteiger partial charge on any atom is -0.397 e. The zero-order valence-electron chi connectivity index (χ0n) is 11.8. The van der Waals surface area contributed by atoms with E-state index in [1.165, 1.54) is 0 Å². The summed E-state index contributed by atoms with van der Waals surface area (Å²) in [5.41, 5.74) is 8.45. The van der Waals surface area contributed by atoms with Gasteiger partial charge >= 0.3 is 0 Å². The molecule has 3 nitrogen and oxygen atoms in total. The van der Waals surface area contributed by atoms with E-state index < -0.39 is 0 Å². The molecule has 3 heteroatoms. The van der Waals surface area contributed by atoms with Gasteiger partial charge in [0, 0.05) is 5.92 Å². The average molecular weight is 246 g/mol. The molecule has 0 bridgehead atoms. The van der Waals surface area contributed by atoms with Gasteiger partial charge in [0.1, 0.15) is 0 Å². The van der Waals surface area contributed by atoms with Crippen LogP contribution in [0.3, 0.4) is 0 Å². The van der Waals surface area contributed by atoms with Gasteiger partial charge in [-0.05, 0) is 35.4 Å². The van der Waals surface area contributed by atoms with E-state index in [-0.39, 0.29) is 22.7 Å². The summed E-state index contributed by atoms with van der Waals surface area (Å²) < 4.78 is 0. The number of nitrogen functional groups attached to an aromatic ring is 1. The Kier molecular flexibility index (Phi) is 2.69. The van der Waals surface area contributed by atoms with Crippen LogP contribution in [0.4, 0.5) is 11.4 Å². The molecule has 1 fully saturated rings. The summed E-state index contributed by atoms with van der Waals surface area (Å²) in [6, 6.07) is 5.69. The van der Waals surface area contributed by atoms with Crippen LogP contribution < -0.4 is 11.1 Å². The number of amides is 1. The molecular formula is C15H22N2O. The third kappa shape index (κ3) is 1.78. The Bertz CT molecular complexity index is 489. The molecule has 2 rings (SSSR count). The summed E-state index contributed by atoms with van der Waals surface area (Å²) in [5, 5.41) is 2.95. The first kappa shape index (κ1) is 12.9. The molecule has 0 unspecified atom stereocenters. The Balaban J connectivity index is 2.14. The van der Waals surface area contributed by atoms with E-state index in [0.717, 1.165) is 5.56 Å². The Morgan fingerprint density at radius 1 is 1.22 bits per heavy atom. The Morgan fingerprint density at radius 3 is 2.22 bits per heavy atom. The van der Waals surface area contributed by atoms with Gasteiger partial charge < -0.3 is 11.1 Å². The lowest BCUT2D eigenvalue weighted by molar-refractivity contribution is -0.118. The number of anilines is 2. The molecule has 1 aromatic rings. The molecular weight excluding hydrogens is 224 g/mol. The Hall–Kier alpha value is -1.51. The number of nitrogens with two attached hydrogens (primary N) is 1. The lowest BCUT2D eigenvalue weighted by atomic mass is 10.0. The second-order valence-corrected chi connectivity index (χ2v) is 6.46. The van der Waals surface area contributed by atoms with Crippen LogP contribution in [0.25, 0.3) is 0 Å². The lowest BCUT2D eigenvalue weighted by Crippen LogP contribution is -2.18. The molecule has 1 amide bonds. The number of nitrogens with one attached hydrogen (secondary N) is 1. The van der Waals surface area contributed by atoms with Gasteiger partial charge in [0.15, 0.2) is 0 Å². The standard InChI is InChI=1S/C15H22N2O/c1-9-6-7-11(10(16)8-9)17-13(18)12-14(2,3)15(12,4)5/h6-8,12H,16H2,1-5H3,(H,17,18). The van der Waals surface area contributed by atoms with Crippen molar-refractivity contribution in [2.45, 2.75) is 34.6 Å². The maximum atomic E-state index is 12.3. The molecule has 1 aromatic carbocycles. The van der Waals surface area contributed by atoms with Crippen molar-refractivity contribution in [1.82, 2.24) is 0 Å². The van der Waals surface area contributed by atoms with Crippen molar-refractivity contribution in [3.8, 4) is 0 Å². The van der Waals surface area contributed by atoms with E-state index in [9.17, 15) is 4.79 Å². The first-order chi connectivity index (χ1) is 8.18. The fraction of sp³-hybridized carbons (Fsp3) is 0.533. The molecule has 1 saturated carbocycles. The highest BCUT2D eigenvalue weighted by atomic mass is 16.2. The Morgan fingerprint density at radius 2 is 1.78 bits per heavy atom. The first-order valence-corrected chi connectivity index (χ1v) is 6.35. The van der Waals surface area contributed by atoms with Gasteiger partial charge in [-0.1, -0.05) is 33.8 Å². The average Bonchev–Trinajstić information content (AvgIpc) is 2.62. The topological polar surface area (TPSA) is 55.1 Å². The van der Waals surface area contributed by atoms with Crippen LogP contribution in [-0.2, 0) is 4.79 Å². The van der Waals surface area contributed by atoms with E-state index in [0.29, 0.717) is 11.4 Å². The Labute approximate surface area is 109 Å². The van der Waals surface area contributed by atoms with Crippen LogP contribution in [0.2, 0.25) is 0 Å². The van der Waals surface area contributed by atoms with Crippen molar-refractivity contribution >= 4 is 17.3 Å². The van der Waals surface area contributed by atoms with Gasteiger partial charge in [0.2, 0.25) is 5.91 Å². The smallest absolute Gasteiger partial charge is 0.228 e. The summed E-state index contributed by atoms with van der Waals surface area (Å²) in [6.07, 6.45) is 0. The van der Waals surface area contributed by atoms with Crippen LogP contribution >= 0.6 is 0 Å². The van der Waals surface area contributed by atoms with Crippen LogP contribution in [-0.4, -0.2) is 5.91 Å². The van der Waals surface area contributed by atoms with E-state index in [1.54, 1.807) is 0 Å². The molecule has 18 heavy (non-hydrogen) atoms. The lowest BCUT2D eigenvalue weighted by Gasteiger charge is -2.09. The van der Waals surface area contributed by atoms with Gasteiger partial charge in [0.25, 0.3) is 0 Å². The van der Waals surface area contributed by atoms with Gasteiger partial charge in [0.05, 0.1) is 11.4 Å². The number of rotatable bonds is 2. The molecule has 0 atom stereocenters. The van der Waals surface area contributed by atoms with E-state index in [4.69, 9.17) is 5.73 Å². The van der Waals surface area contributed by atoms with Crippen molar-refractivity contribution in [2.75, 3.05) is 11.1 Å². The molecule has 0 heterocycles. The normalized spacial score (nSPS) is 20.5. The molecule has 0 saturated heterocycles. The fourth-order valence-electron chi connectivity index (χ4n) is 2.85. The minimum atomic E-state index is 0.0469. The monoisotopic (exact) mass is 246 g/mol. The van der Waals surface area contributed by atoms with Gasteiger partial charge in [-0.25, -0.2) is 0 Å². The van der Waals surface area contributed by atoms with Crippen LogP contribution in [0.1, 0.15) is 33.3 Å². The minimum absolute atomic E-state index is 0.0469. The summed E-state index contributed by atoms with van der Waals surface area (Å²) >= 11 is 0. The first-order valence-electron chi connectivity index (χ1n) is 6.35. The maximum absolute atomic E-state index is 12.3. The fourth-order valence-corrected chi connectivity index (χ4v) is 2.85. The maximum Gasteiger partial charge on any atom is 0.228 e. The third-order valence-corrected chi connectivity index (χ3v) is 4.75. The van der Waals surface area contributed by atoms with Crippen LogP contribution in [0.15, 0.2) is 18.2 Å². The molecule has 0 aromatic heterocycles. The van der Waals surface area contributed by atoms with Crippen molar-refractivity contribution < 1.29 is 4.79 Å². The van der Waals surface area contributed by atoms with Gasteiger partial charge in [-0.3, -0.25) is 4.79 Å².